The monoisotopic (exact) mass is 541 g/mol. The van der Waals surface area contributed by atoms with E-state index < -0.39 is 0 Å². The van der Waals surface area contributed by atoms with Crippen LogP contribution in [0.3, 0.4) is 0 Å². The molecule has 1 aliphatic rings. The van der Waals surface area contributed by atoms with Crippen LogP contribution in [0.15, 0.2) is 52.6 Å². The van der Waals surface area contributed by atoms with E-state index >= 15 is 0 Å². The number of ether oxygens (including phenoxy) is 1. The van der Waals surface area contributed by atoms with Crippen LogP contribution in [0.4, 0.5) is 0 Å². The van der Waals surface area contributed by atoms with Gasteiger partial charge in [-0.3, -0.25) is 9.98 Å². The number of rotatable bonds is 7. The van der Waals surface area contributed by atoms with E-state index in [4.69, 9.17) is 19.0 Å². The quantitative estimate of drug-likeness (QED) is 0.177. The molecule has 0 amide bonds. The van der Waals surface area contributed by atoms with E-state index in [0.29, 0.717) is 24.1 Å². The molecule has 1 saturated heterocycles. The van der Waals surface area contributed by atoms with Crippen LogP contribution in [0.1, 0.15) is 80.5 Å². The topological polar surface area (TPSA) is 65.3 Å². The number of aromatic nitrogens is 1. The van der Waals surface area contributed by atoms with E-state index in [-0.39, 0.29) is 23.7 Å². The number of benzene rings is 1. The molecule has 2 heterocycles. The van der Waals surface area contributed by atoms with Crippen LogP contribution >= 0.6 is 9.24 Å². The van der Waals surface area contributed by atoms with Gasteiger partial charge in [-0.25, -0.2) is 4.99 Å². The van der Waals surface area contributed by atoms with Crippen molar-refractivity contribution in [3.63, 3.8) is 0 Å². The average molecular weight is 542 g/mol. The number of nitrogens with zero attached hydrogens (tertiary/aromatic N) is 3. The molecule has 1 fully saturated rings. The molecule has 3 rings (SSSR count). The highest BCUT2D eigenvalue weighted by atomic mass is 31.0. The Morgan fingerprint density at radius 1 is 1.05 bits per heavy atom. The van der Waals surface area contributed by atoms with Crippen molar-refractivity contribution in [3.05, 3.63) is 53.9 Å². The maximum Gasteiger partial charge on any atom is 0.494 e. The van der Waals surface area contributed by atoms with Crippen LogP contribution in [0, 0.1) is 5.92 Å². The minimum Gasteiger partial charge on any atom is -0.484 e. The first kappa shape index (κ1) is 34.0. The molecule has 1 aromatic heterocycles. The van der Waals surface area contributed by atoms with Crippen LogP contribution in [0.2, 0.25) is 0 Å². The third-order valence-electron chi connectivity index (χ3n) is 7.36. The van der Waals surface area contributed by atoms with Gasteiger partial charge < -0.3 is 14.0 Å². The summed E-state index contributed by atoms with van der Waals surface area (Å²) in [4.78, 5) is 13.1. The van der Waals surface area contributed by atoms with E-state index in [0.717, 1.165) is 11.2 Å². The van der Waals surface area contributed by atoms with E-state index in [1.54, 1.807) is 19.5 Å². The molecule has 210 valence electrons. The maximum atomic E-state index is 6.22. The summed E-state index contributed by atoms with van der Waals surface area (Å²) in [5.41, 5.74) is 2.23. The smallest absolute Gasteiger partial charge is 0.484 e. The van der Waals surface area contributed by atoms with Crippen molar-refractivity contribution in [1.82, 2.24) is 4.98 Å². The zero-order valence-electron chi connectivity index (χ0n) is 25.6. The van der Waals surface area contributed by atoms with E-state index in [9.17, 15) is 0 Å². The molecule has 0 radical (unpaired) electrons. The molecule has 1 aromatic carbocycles. The van der Waals surface area contributed by atoms with Crippen LogP contribution in [0.25, 0.3) is 0 Å². The van der Waals surface area contributed by atoms with Crippen molar-refractivity contribution in [3.8, 4) is 5.75 Å². The molecule has 6 nitrogen and oxygen atoms in total. The Kier molecular flexibility index (Phi) is 13.3. The fourth-order valence-corrected chi connectivity index (χ4v) is 3.97. The standard InChI is InChI=1S/C27H38BN3O3.C2H6.CH5P/c1-10-30-24(29-9)18-32-22-15-16-23(31-17-22)27(8,19(2)3)20-11-13-21(14-12-20)28-33-25(4,5)26(6,7)34-28;2*1-2/h10-17,19H,18H2,1-9H3;1-2H3;2H2,1H3. The van der Waals surface area contributed by atoms with Crippen molar-refractivity contribution in [2.75, 3.05) is 20.3 Å². The second-order valence-corrected chi connectivity index (χ2v) is 10.3. The summed E-state index contributed by atoms with van der Waals surface area (Å²) in [5, 5.41) is 0. The van der Waals surface area contributed by atoms with Gasteiger partial charge in [0, 0.05) is 18.7 Å². The maximum absolute atomic E-state index is 6.22. The Bertz CT molecular complexity index is 1020. The van der Waals surface area contributed by atoms with Gasteiger partial charge >= 0.3 is 7.12 Å². The first-order valence-corrected chi connectivity index (χ1v) is 14.7. The van der Waals surface area contributed by atoms with E-state index in [1.165, 1.54) is 5.56 Å². The molecule has 0 bridgehead atoms. The van der Waals surface area contributed by atoms with Crippen molar-refractivity contribution in [2.24, 2.45) is 15.9 Å². The largest absolute Gasteiger partial charge is 0.494 e. The second-order valence-electron chi connectivity index (χ2n) is 10.3. The molecular weight excluding hydrogens is 492 g/mol. The Morgan fingerprint density at radius 3 is 2.03 bits per heavy atom. The average Bonchev–Trinajstić information content (AvgIpc) is 3.15. The first-order valence-electron chi connectivity index (χ1n) is 13.5. The minimum absolute atomic E-state index is 0.268. The Morgan fingerprint density at radius 2 is 1.61 bits per heavy atom. The molecule has 2 aromatic rings. The number of pyridine rings is 1. The lowest BCUT2D eigenvalue weighted by atomic mass is 9.69. The van der Waals surface area contributed by atoms with Crippen LogP contribution in [-0.2, 0) is 14.7 Å². The van der Waals surface area contributed by atoms with Gasteiger partial charge in [0.05, 0.1) is 23.1 Å². The SMILES string of the molecule is CC.CC=NC(COc1ccc(C(C)(c2ccc(B3OC(C)(C)C(C)(C)O3)cc2)C(C)C)nc1)=NC.CP. The first-order chi connectivity index (χ1) is 17.9. The summed E-state index contributed by atoms with van der Waals surface area (Å²) in [7, 11) is 3.76. The molecule has 2 unspecified atom stereocenters. The normalized spacial score (nSPS) is 17.8. The van der Waals surface area contributed by atoms with Gasteiger partial charge in [0.1, 0.15) is 12.4 Å². The third-order valence-corrected chi connectivity index (χ3v) is 7.36. The molecule has 8 heteroatoms. The Hall–Kier alpha value is -2.08. The van der Waals surface area contributed by atoms with E-state index in [1.807, 2.05) is 39.6 Å². The summed E-state index contributed by atoms with van der Waals surface area (Å²) in [6.07, 6.45) is 3.48. The fraction of sp³-hybridized carbons (Fsp3) is 0.567. The van der Waals surface area contributed by atoms with Crippen molar-refractivity contribution < 1.29 is 14.0 Å². The third kappa shape index (κ3) is 7.74. The molecule has 2 atom stereocenters. The van der Waals surface area contributed by atoms with Crippen LogP contribution in [-0.4, -0.2) is 55.7 Å². The van der Waals surface area contributed by atoms with Gasteiger partial charge in [0.25, 0.3) is 0 Å². The summed E-state index contributed by atoms with van der Waals surface area (Å²) < 4.78 is 18.3. The lowest BCUT2D eigenvalue weighted by molar-refractivity contribution is 0.00578. The predicted octanol–water partition coefficient (Wildman–Crippen LogP) is 6.36. The number of hydrogen-bond acceptors (Lipinski definition) is 5. The van der Waals surface area contributed by atoms with Gasteiger partial charge in [-0.2, -0.15) is 0 Å². The zero-order chi connectivity index (χ0) is 29.1. The lowest BCUT2D eigenvalue weighted by Crippen LogP contribution is -2.41. The van der Waals surface area contributed by atoms with Gasteiger partial charge in [0.2, 0.25) is 0 Å². The van der Waals surface area contributed by atoms with Gasteiger partial charge in [0.15, 0.2) is 5.84 Å². The summed E-state index contributed by atoms with van der Waals surface area (Å²) in [6.45, 7) is 23.1. The molecule has 0 aliphatic carbocycles. The van der Waals surface area contributed by atoms with Crippen molar-refractivity contribution in [2.45, 2.75) is 85.9 Å². The number of hydrogen-bond donors (Lipinski definition) is 0. The second kappa shape index (κ2) is 14.9. The highest BCUT2D eigenvalue weighted by Gasteiger charge is 2.51. The minimum atomic E-state index is -0.368. The molecule has 0 spiro atoms. The predicted molar refractivity (Wildman–Crippen MR) is 168 cm³/mol. The molecule has 0 N–H and O–H groups in total. The van der Waals surface area contributed by atoms with Gasteiger partial charge in [-0.1, -0.05) is 58.6 Å². The summed E-state index contributed by atoms with van der Waals surface area (Å²) in [6, 6.07) is 12.6. The molecule has 38 heavy (non-hydrogen) atoms. The fourth-order valence-electron chi connectivity index (χ4n) is 3.97. The summed E-state index contributed by atoms with van der Waals surface area (Å²) in [5.74, 6) is 1.66. The Balaban J connectivity index is 0.00000172. The van der Waals surface area contributed by atoms with Crippen LogP contribution < -0.4 is 10.2 Å². The zero-order valence-corrected chi connectivity index (χ0v) is 26.8. The Labute approximate surface area is 234 Å². The van der Waals surface area contributed by atoms with Gasteiger partial charge in [-0.05, 0) is 70.6 Å². The highest BCUT2D eigenvalue weighted by Crippen LogP contribution is 2.39. The summed E-state index contributed by atoms with van der Waals surface area (Å²) >= 11 is 0. The number of aliphatic imine (C=N–C) groups is 2. The molecular formula is C30H49BN3O3P. The van der Waals surface area contributed by atoms with Crippen molar-refractivity contribution in [1.29, 1.82) is 0 Å². The van der Waals surface area contributed by atoms with Gasteiger partial charge in [-0.15, -0.1) is 9.24 Å². The van der Waals surface area contributed by atoms with E-state index in [2.05, 4.69) is 92.0 Å². The molecule has 1 aliphatic heterocycles. The lowest BCUT2D eigenvalue weighted by Gasteiger charge is -2.34. The molecule has 0 saturated carbocycles. The van der Waals surface area contributed by atoms with Crippen LogP contribution in [0.5, 0.6) is 5.75 Å². The highest BCUT2D eigenvalue weighted by molar-refractivity contribution is 7.15. The van der Waals surface area contributed by atoms with Crippen molar-refractivity contribution >= 4 is 33.9 Å². The number of amidine groups is 1.